The highest BCUT2D eigenvalue weighted by Gasteiger charge is 2.41. The summed E-state index contributed by atoms with van der Waals surface area (Å²) in [4.78, 5) is 0.170. The molecule has 2 atom stereocenters. The molecule has 1 aromatic carbocycles. The van der Waals surface area contributed by atoms with Crippen molar-refractivity contribution in [1.82, 2.24) is 9.62 Å². The molecule has 98 valence electrons. The first-order valence-electron chi connectivity index (χ1n) is 6.06. The summed E-state index contributed by atoms with van der Waals surface area (Å²) in [6, 6.07) is 5.29. The van der Waals surface area contributed by atoms with Crippen molar-refractivity contribution in [3.8, 4) is 0 Å². The Kier molecular flexibility index (Phi) is 2.88. The maximum Gasteiger partial charge on any atom is 0.243 e. The van der Waals surface area contributed by atoms with Crippen LogP contribution in [0.2, 0.25) is 0 Å². The minimum atomic E-state index is -3.47. The molecule has 0 bridgehead atoms. The van der Waals surface area contributed by atoms with Gasteiger partial charge in [0.25, 0.3) is 0 Å². The monoisotopic (exact) mass is 270 g/mol. The zero-order chi connectivity index (χ0) is 12.8. The smallest absolute Gasteiger partial charge is 0.243 e. The second-order valence-corrected chi connectivity index (χ2v) is 6.82. The van der Waals surface area contributed by atoms with Crippen molar-refractivity contribution < 1.29 is 12.8 Å². The summed E-state index contributed by atoms with van der Waals surface area (Å²) in [6.45, 7) is 2.06. The maximum atomic E-state index is 12.8. The van der Waals surface area contributed by atoms with Crippen molar-refractivity contribution in [1.29, 1.82) is 0 Å². The van der Waals surface area contributed by atoms with Crippen LogP contribution in [-0.4, -0.2) is 38.4 Å². The van der Waals surface area contributed by atoms with Crippen LogP contribution in [0, 0.1) is 11.7 Å². The molecule has 2 heterocycles. The predicted molar refractivity (Wildman–Crippen MR) is 65.1 cm³/mol. The van der Waals surface area contributed by atoms with Gasteiger partial charge >= 0.3 is 0 Å². The average molecular weight is 270 g/mol. The Morgan fingerprint density at radius 2 is 1.94 bits per heavy atom. The molecule has 18 heavy (non-hydrogen) atoms. The SMILES string of the molecule is O=S(=O)(c1ccc(F)cc1)N1C[C@@H]2CCN[C@@H]2C1. The van der Waals surface area contributed by atoms with E-state index in [-0.39, 0.29) is 10.9 Å². The van der Waals surface area contributed by atoms with E-state index in [4.69, 9.17) is 0 Å². The Hall–Kier alpha value is -0.980. The third-order valence-corrected chi connectivity index (χ3v) is 5.63. The van der Waals surface area contributed by atoms with Crippen LogP contribution >= 0.6 is 0 Å². The predicted octanol–water partition coefficient (Wildman–Crippen LogP) is 0.808. The van der Waals surface area contributed by atoms with E-state index in [1.807, 2.05) is 0 Å². The summed E-state index contributed by atoms with van der Waals surface area (Å²) < 4.78 is 39.0. The van der Waals surface area contributed by atoms with Crippen LogP contribution in [0.1, 0.15) is 6.42 Å². The van der Waals surface area contributed by atoms with Crippen LogP contribution in [0.15, 0.2) is 29.2 Å². The fourth-order valence-electron chi connectivity index (χ4n) is 2.76. The van der Waals surface area contributed by atoms with Crippen molar-refractivity contribution in [2.75, 3.05) is 19.6 Å². The molecule has 1 N–H and O–H groups in total. The molecule has 0 amide bonds. The topological polar surface area (TPSA) is 49.4 Å². The molecule has 0 saturated carbocycles. The number of fused-ring (bicyclic) bond motifs is 1. The number of nitrogens with zero attached hydrogens (tertiary/aromatic N) is 1. The molecule has 4 nitrogen and oxygen atoms in total. The van der Waals surface area contributed by atoms with Gasteiger partial charge in [-0.3, -0.25) is 0 Å². The van der Waals surface area contributed by atoms with Gasteiger partial charge in [-0.25, -0.2) is 12.8 Å². The lowest BCUT2D eigenvalue weighted by Gasteiger charge is -2.17. The first-order valence-corrected chi connectivity index (χ1v) is 7.50. The van der Waals surface area contributed by atoms with Gasteiger partial charge in [0.1, 0.15) is 5.82 Å². The maximum absolute atomic E-state index is 12.8. The van der Waals surface area contributed by atoms with Crippen LogP contribution in [-0.2, 0) is 10.0 Å². The average Bonchev–Trinajstić information content (AvgIpc) is 2.89. The van der Waals surface area contributed by atoms with Gasteiger partial charge in [-0.05, 0) is 43.1 Å². The van der Waals surface area contributed by atoms with Gasteiger partial charge in [-0.1, -0.05) is 0 Å². The molecule has 3 rings (SSSR count). The molecule has 1 aromatic rings. The first kappa shape index (κ1) is 12.1. The van der Waals surface area contributed by atoms with E-state index in [1.54, 1.807) is 0 Å². The lowest BCUT2D eigenvalue weighted by molar-refractivity contribution is 0.448. The normalized spacial score (nSPS) is 28.5. The van der Waals surface area contributed by atoms with Gasteiger partial charge < -0.3 is 5.32 Å². The number of hydrogen-bond donors (Lipinski definition) is 1. The number of nitrogens with one attached hydrogen (secondary N) is 1. The highest BCUT2D eigenvalue weighted by molar-refractivity contribution is 7.89. The summed E-state index contributed by atoms with van der Waals surface area (Å²) in [6.07, 6.45) is 1.03. The van der Waals surface area contributed by atoms with E-state index >= 15 is 0 Å². The summed E-state index contributed by atoms with van der Waals surface area (Å²) in [5.74, 6) is -0.00543. The standard InChI is InChI=1S/C12H15FN2O2S/c13-10-1-3-11(4-2-10)18(16,17)15-7-9-5-6-14-12(9)8-15/h1-4,9,12,14H,5-8H2/t9-,12+/m0/s1. The van der Waals surface area contributed by atoms with E-state index in [0.717, 1.165) is 13.0 Å². The summed E-state index contributed by atoms with van der Waals surface area (Å²) >= 11 is 0. The Bertz CT molecular complexity index is 532. The largest absolute Gasteiger partial charge is 0.312 e. The Morgan fingerprint density at radius 3 is 2.61 bits per heavy atom. The van der Waals surface area contributed by atoms with Gasteiger partial charge in [-0.15, -0.1) is 0 Å². The van der Waals surface area contributed by atoms with Crippen LogP contribution in [0.4, 0.5) is 4.39 Å². The number of benzene rings is 1. The molecule has 0 unspecified atom stereocenters. The van der Waals surface area contributed by atoms with Gasteiger partial charge in [0.2, 0.25) is 10.0 Å². The van der Waals surface area contributed by atoms with Crippen LogP contribution < -0.4 is 5.32 Å². The molecule has 2 aliphatic heterocycles. The minimum Gasteiger partial charge on any atom is -0.312 e. The summed E-state index contributed by atoms with van der Waals surface area (Å²) in [7, 11) is -3.47. The second kappa shape index (κ2) is 4.29. The second-order valence-electron chi connectivity index (χ2n) is 4.89. The van der Waals surface area contributed by atoms with E-state index in [2.05, 4.69) is 5.32 Å². The van der Waals surface area contributed by atoms with Gasteiger partial charge in [0.15, 0.2) is 0 Å². The van der Waals surface area contributed by atoms with Crippen molar-refractivity contribution >= 4 is 10.0 Å². The zero-order valence-electron chi connectivity index (χ0n) is 9.84. The lowest BCUT2D eigenvalue weighted by Crippen LogP contribution is -2.34. The molecule has 2 fully saturated rings. The van der Waals surface area contributed by atoms with Crippen molar-refractivity contribution in [3.63, 3.8) is 0 Å². The number of halogens is 1. The minimum absolute atomic E-state index is 0.170. The molecule has 0 radical (unpaired) electrons. The number of sulfonamides is 1. The molecule has 6 heteroatoms. The zero-order valence-corrected chi connectivity index (χ0v) is 10.7. The van der Waals surface area contributed by atoms with Crippen molar-refractivity contribution in [2.45, 2.75) is 17.4 Å². The molecule has 2 saturated heterocycles. The molecule has 0 aromatic heterocycles. The van der Waals surface area contributed by atoms with E-state index in [0.29, 0.717) is 19.0 Å². The highest BCUT2D eigenvalue weighted by Crippen LogP contribution is 2.29. The van der Waals surface area contributed by atoms with Crippen LogP contribution in [0.3, 0.4) is 0 Å². The first-order chi connectivity index (χ1) is 8.57. The summed E-state index contributed by atoms with van der Waals surface area (Å²) in [5.41, 5.74) is 0. The quantitative estimate of drug-likeness (QED) is 0.865. The van der Waals surface area contributed by atoms with Crippen LogP contribution in [0.25, 0.3) is 0 Å². The van der Waals surface area contributed by atoms with E-state index in [1.165, 1.54) is 28.6 Å². The Morgan fingerprint density at radius 1 is 1.22 bits per heavy atom. The molecule has 0 spiro atoms. The molecular formula is C12H15FN2O2S. The lowest BCUT2D eigenvalue weighted by atomic mass is 10.1. The van der Waals surface area contributed by atoms with Crippen molar-refractivity contribution in [2.24, 2.45) is 5.92 Å². The Labute approximate surface area is 106 Å². The van der Waals surface area contributed by atoms with E-state index in [9.17, 15) is 12.8 Å². The van der Waals surface area contributed by atoms with Gasteiger partial charge in [0.05, 0.1) is 4.90 Å². The number of rotatable bonds is 2. The third kappa shape index (κ3) is 1.94. The van der Waals surface area contributed by atoms with Crippen LogP contribution in [0.5, 0.6) is 0 Å². The van der Waals surface area contributed by atoms with Gasteiger partial charge in [-0.2, -0.15) is 4.31 Å². The third-order valence-electron chi connectivity index (χ3n) is 3.78. The highest BCUT2D eigenvalue weighted by atomic mass is 32.2. The summed E-state index contributed by atoms with van der Waals surface area (Å²) in [5, 5.41) is 3.32. The fraction of sp³-hybridized carbons (Fsp3) is 0.500. The number of hydrogen-bond acceptors (Lipinski definition) is 3. The van der Waals surface area contributed by atoms with Gasteiger partial charge in [0, 0.05) is 19.1 Å². The molecule has 0 aliphatic carbocycles. The van der Waals surface area contributed by atoms with Crippen molar-refractivity contribution in [3.05, 3.63) is 30.1 Å². The fourth-order valence-corrected chi connectivity index (χ4v) is 4.28. The van der Waals surface area contributed by atoms with E-state index < -0.39 is 15.8 Å². The molecular weight excluding hydrogens is 255 g/mol. The molecule has 2 aliphatic rings. The Balaban J connectivity index is 1.85.